The number of hydrogen-bond donors (Lipinski definition) is 0. The fourth-order valence-electron chi connectivity index (χ4n) is 0.125. The third kappa shape index (κ3) is 5.10. The van der Waals surface area contributed by atoms with Crippen molar-refractivity contribution in [1.29, 1.82) is 0 Å². The van der Waals surface area contributed by atoms with Crippen molar-refractivity contribution in [2.45, 2.75) is 27.2 Å². The van der Waals surface area contributed by atoms with Gasteiger partial charge in [0, 0.05) is 32.7 Å². The fraction of sp³-hybridized carbons (Fsp3) is 0.800. The molecular weight excluding hydrogens is 149 g/mol. The molecule has 0 aromatic rings. The summed E-state index contributed by atoms with van der Waals surface area (Å²) in [5.74, 6) is 1.67. The monoisotopic (exact) mass is 160 g/mol. The van der Waals surface area contributed by atoms with E-state index >= 15 is 0 Å². The van der Waals surface area contributed by atoms with Gasteiger partial charge in [-0.2, -0.15) is 6.92 Å². The third-order valence-electron chi connectivity index (χ3n) is 0.750. The zero-order chi connectivity index (χ0) is 2.99. The summed E-state index contributed by atoms with van der Waals surface area (Å²) < 4.78 is 0. The molecule has 1 radical (unpaired) electrons. The Morgan fingerprint density at radius 3 is 1.50 bits per heavy atom. The van der Waals surface area contributed by atoms with Crippen LogP contribution in [0, 0.1) is 5.92 Å². The number of hydrogen-bond acceptors (Lipinski definition) is 0. The second-order valence-corrected chi connectivity index (χ2v) is 1.46. The average Bonchev–Trinajstić information content (AvgIpc) is 1.75. The molecule has 1 saturated carbocycles. The van der Waals surface area contributed by atoms with E-state index in [-0.39, 0.29) is 40.1 Å². The Bertz CT molecular complexity index is 23.1. The van der Waals surface area contributed by atoms with Crippen LogP contribution >= 0.6 is 0 Å². The zero-order valence-corrected chi connectivity index (χ0v) is 6.33. The normalized spacial score (nSPS) is 17.5. The van der Waals surface area contributed by atoms with E-state index in [2.05, 4.69) is 6.92 Å². The largest absolute Gasteiger partial charge is 0.321 e. The van der Waals surface area contributed by atoms with Gasteiger partial charge < -0.3 is 5.92 Å². The maximum absolute atomic E-state index is 2.19. The number of rotatable bonds is 0. The molecule has 0 bridgehead atoms. The van der Waals surface area contributed by atoms with Gasteiger partial charge in [-0.3, -0.25) is 0 Å². The minimum Gasteiger partial charge on any atom is -0.321 e. The van der Waals surface area contributed by atoms with Crippen LogP contribution in [-0.2, 0) is 32.7 Å². The van der Waals surface area contributed by atoms with Gasteiger partial charge in [-0.1, -0.05) is 7.43 Å². The fourth-order valence-corrected chi connectivity index (χ4v) is 0.125. The van der Waals surface area contributed by atoms with Crippen molar-refractivity contribution in [1.82, 2.24) is 0 Å². The Balaban J connectivity index is 0. The van der Waals surface area contributed by atoms with Crippen LogP contribution < -0.4 is 0 Å². The second kappa shape index (κ2) is 4.27. The van der Waals surface area contributed by atoms with E-state index in [0.29, 0.717) is 0 Å². The molecular formula is C5H11Y-. The van der Waals surface area contributed by atoms with Crippen molar-refractivity contribution >= 4 is 0 Å². The van der Waals surface area contributed by atoms with Crippen LogP contribution in [0.1, 0.15) is 27.2 Å². The molecule has 1 fully saturated rings. The van der Waals surface area contributed by atoms with E-state index in [1.807, 2.05) is 0 Å². The Morgan fingerprint density at radius 2 is 1.50 bits per heavy atom. The van der Waals surface area contributed by atoms with Gasteiger partial charge in [-0.15, -0.1) is 0 Å². The van der Waals surface area contributed by atoms with Crippen molar-refractivity contribution in [2.24, 2.45) is 0 Å². The standard InChI is InChI=1S/C4H7.CH4.Y/c1-4-2-3-4;;/h2-3H2,1H3;1H4;/q-1;;. The first-order chi connectivity index (χ1) is 1.89. The Labute approximate surface area is 65.6 Å². The molecule has 0 aliphatic heterocycles. The SMILES string of the molecule is C.C[C-]1CC1.[Y]. The first-order valence-electron chi connectivity index (χ1n) is 1.71. The van der Waals surface area contributed by atoms with Crippen LogP contribution in [0.2, 0.25) is 0 Å². The molecule has 0 unspecified atom stereocenters. The van der Waals surface area contributed by atoms with E-state index in [9.17, 15) is 0 Å². The van der Waals surface area contributed by atoms with Crippen LogP contribution in [0.25, 0.3) is 0 Å². The van der Waals surface area contributed by atoms with E-state index in [4.69, 9.17) is 0 Å². The predicted octanol–water partition coefficient (Wildman–Crippen LogP) is 2.01. The molecule has 0 aromatic heterocycles. The van der Waals surface area contributed by atoms with Crippen molar-refractivity contribution in [3.63, 3.8) is 0 Å². The summed E-state index contributed by atoms with van der Waals surface area (Å²) in [5.41, 5.74) is 0. The van der Waals surface area contributed by atoms with Crippen molar-refractivity contribution < 1.29 is 32.7 Å². The topological polar surface area (TPSA) is 0 Å². The summed E-state index contributed by atoms with van der Waals surface area (Å²) in [7, 11) is 0. The van der Waals surface area contributed by atoms with Crippen LogP contribution in [0.15, 0.2) is 0 Å². The molecule has 1 rings (SSSR count). The van der Waals surface area contributed by atoms with Gasteiger partial charge >= 0.3 is 0 Å². The van der Waals surface area contributed by atoms with E-state index in [1.165, 1.54) is 12.8 Å². The summed E-state index contributed by atoms with van der Waals surface area (Å²) in [6.07, 6.45) is 2.81. The van der Waals surface area contributed by atoms with Gasteiger partial charge in [0.2, 0.25) is 0 Å². The zero-order valence-electron chi connectivity index (χ0n) is 3.49. The van der Waals surface area contributed by atoms with Crippen LogP contribution in [0.3, 0.4) is 0 Å². The van der Waals surface area contributed by atoms with Gasteiger partial charge in [0.05, 0.1) is 0 Å². The summed E-state index contributed by atoms with van der Waals surface area (Å²) >= 11 is 0. The molecule has 0 amide bonds. The second-order valence-electron chi connectivity index (χ2n) is 1.46. The molecule has 1 aliphatic carbocycles. The molecule has 0 atom stereocenters. The van der Waals surface area contributed by atoms with Crippen LogP contribution in [0.4, 0.5) is 0 Å². The van der Waals surface area contributed by atoms with E-state index in [1.54, 1.807) is 5.92 Å². The summed E-state index contributed by atoms with van der Waals surface area (Å²) in [6.45, 7) is 2.19. The first-order valence-corrected chi connectivity index (χ1v) is 1.71. The Kier molecular flexibility index (Phi) is 7.23. The Hall–Kier alpha value is 1.10. The minimum atomic E-state index is 0. The van der Waals surface area contributed by atoms with Gasteiger partial charge in [0.15, 0.2) is 0 Å². The van der Waals surface area contributed by atoms with Crippen molar-refractivity contribution in [3.8, 4) is 0 Å². The summed E-state index contributed by atoms with van der Waals surface area (Å²) in [5, 5.41) is 0. The third-order valence-corrected chi connectivity index (χ3v) is 0.750. The van der Waals surface area contributed by atoms with Crippen molar-refractivity contribution in [3.05, 3.63) is 5.92 Å². The molecule has 0 heterocycles. The summed E-state index contributed by atoms with van der Waals surface area (Å²) in [4.78, 5) is 0. The van der Waals surface area contributed by atoms with Gasteiger partial charge in [0.25, 0.3) is 0 Å². The molecule has 6 heavy (non-hydrogen) atoms. The van der Waals surface area contributed by atoms with E-state index in [0.717, 1.165) is 0 Å². The maximum atomic E-state index is 2.19. The van der Waals surface area contributed by atoms with E-state index < -0.39 is 0 Å². The molecule has 0 saturated heterocycles. The van der Waals surface area contributed by atoms with Crippen LogP contribution in [-0.4, -0.2) is 0 Å². The smallest absolute Gasteiger partial charge is 0 e. The maximum Gasteiger partial charge on any atom is 0 e. The first kappa shape index (κ1) is 10.2. The minimum absolute atomic E-state index is 0. The predicted molar refractivity (Wildman–Crippen MR) is 24.9 cm³/mol. The van der Waals surface area contributed by atoms with Gasteiger partial charge in [-0.05, 0) is 0 Å². The van der Waals surface area contributed by atoms with Crippen LogP contribution in [0.5, 0.6) is 0 Å². The molecule has 0 nitrogen and oxygen atoms in total. The summed E-state index contributed by atoms with van der Waals surface area (Å²) in [6, 6.07) is 0. The molecule has 0 N–H and O–H groups in total. The Morgan fingerprint density at radius 1 is 1.33 bits per heavy atom. The van der Waals surface area contributed by atoms with Gasteiger partial charge in [-0.25, -0.2) is 12.8 Å². The molecule has 1 aliphatic rings. The molecule has 35 valence electrons. The quantitative estimate of drug-likeness (QED) is 0.475. The molecule has 0 spiro atoms. The molecule has 0 aromatic carbocycles. The average molecular weight is 160 g/mol. The van der Waals surface area contributed by atoms with Gasteiger partial charge in [0.1, 0.15) is 0 Å². The van der Waals surface area contributed by atoms with Crippen molar-refractivity contribution in [2.75, 3.05) is 0 Å². The molecule has 1 heteroatoms.